The van der Waals surface area contributed by atoms with Crippen molar-refractivity contribution in [3.8, 4) is 0 Å². The summed E-state index contributed by atoms with van der Waals surface area (Å²) in [6, 6.07) is 5.37. The molecule has 2 N–H and O–H groups in total. The van der Waals surface area contributed by atoms with Crippen LogP contribution in [0.3, 0.4) is 0 Å². The van der Waals surface area contributed by atoms with Crippen LogP contribution in [0.2, 0.25) is 10.0 Å². The van der Waals surface area contributed by atoms with Crippen LogP contribution in [-0.2, 0) is 10.0 Å². The van der Waals surface area contributed by atoms with Gasteiger partial charge in [0.2, 0.25) is 5.43 Å². The van der Waals surface area contributed by atoms with E-state index in [1.54, 1.807) is 0 Å². The second kappa shape index (κ2) is 5.24. The fourth-order valence-corrected chi connectivity index (χ4v) is 3.05. The molecule has 0 amide bonds. The van der Waals surface area contributed by atoms with Crippen LogP contribution in [0.1, 0.15) is 0 Å². The second-order valence-corrected chi connectivity index (χ2v) is 6.16. The van der Waals surface area contributed by atoms with E-state index in [-0.39, 0.29) is 20.6 Å². The summed E-state index contributed by atoms with van der Waals surface area (Å²) in [6.07, 6.45) is 2.45. The first kappa shape index (κ1) is 13.9. The molecule has 0 saturated heterocycles. The Hall–Kier alpha value is -1.50. The molecule has 0 aliphatic heterocycles. The molecule has 0 aliphatic carbocycles. The third kappa shape index (κ3) is 3.28. The Labute approximate surface area is 119 Å². The fourth-order valence-electron chi connectivity index (χ4n) is 1.43. The van der Waals surface area contributed by atoms with E-state index in [2.05, 4.69) is 9.71 Å². The molecule has 1 heterocycles. The van der Waals surface area contributed by atoms with Gasteiger partial charge in [0.15, 0.2) is 4.90 Å². The summed E-state index contributed by atoms with van der Waals surface area (Å²) in [7, 11) is -3.99. The summed E-state index contributed by atoms with van der Waals surface area (Å²) in [4.78, 5) is 13.7. The number of H-pyrrole nitrogens is 1. The van der Waals surface area contributed by atoms with E-state index in [4.69, 9.17) is 23.2 Å². The monoisotopic (exact) mass is 318 g/mol. The molecule has 1 aromatic heterocycles. The Bertz CT molecular complexity index is 751. The minimum Gasteiger partial charge on any atom is -0.366 e. The highest BCUT2D eigenvalue weighted by Crippen LogP contribution is 2.23. The van der Waals surface area contributed by atoms with Gasteiger partial charge in [-0.05, 0) is 18.2 Å². The van der Waals surface area contributed by atoms with Crippen LogP contribution in [0.15, 0.2) is 46.3 Å². The highest BCUT2D eigenvalue weighted by atomic mass is 35.5. The van der Waals surface area contributed by atoms with Gasteiger partial charge in [0.05, 0.1) is 5.69 Å². The lowest BCUT2D eigenvalue weighted by molar-refractivity contribution is 0.600. The largest absolute Gasteiger partial charge is 0.366 e. The minimum absolute atomic E-state index is 0.181. The van der Waals surface area contributed by atoms with Gasteiger partial charge in [-0.25, -0.2) is 8.42 Å². The van der Waals surface area contributed by atoms with E-state index in [1.807, 2.05) is 0 Å². The van der Waals surface area contributed by atoms with Crippen molar-refractivity contribution >= 4 is 38.9 Å². The smallest absolute Gasteiger partial charge is 0.267 e. The first-order valence-corrected chi connectivity index (χ1v) is 7.28. The summed E-state index contributed by atoms with van der Waals surface area (Å²) < 4.78 is 26.3. The Balaban J connectivity index is 2.42. The predicted octanol–water partition coefficient (Wildman–Crippen LogP) is 2.48. The van der Waals surface area contributed by atoms with Gasteiger partial charge >= 0.3 is 0 Å². The molecule has 0 unspecified atom stereocenters. The number of halogens is 2. The van der Waals surface area contributed by atoms with E-state index >= 15 is 0 Å². The Kier molecular flexibility index (Phi) is 3.84. The van der Waals surface area contributed by atoms with Gasteiger partial charge in [-0.1, -0.05) is 23.2 Å². The quantitative estimate of drug-likeness (QED) is 0.912. The average molecular weight is 319 g/mol. The average Bonchev–Trinajstić information content (AvgIpc) is 2.26. The number of hydrogen-bond acceptors (Lipinski definition) is 3. The van der Waals surface area contributed by atoms with Crippen LogP contribution in [0.5, 0.6) is 0 Å². The molecule has 0 spiro atoms. The van der Waals surface area contributed by atoms with Crippen molar-refractivity contribution in [3.05, 3.63) is 56.9 Å². The molecule has 8 heteroatoms. The predicted molar refractivity (Wildman–Crippen MR) is 74.3 cm³/mol. The second-order valence-electron chi connectivity index (χ2n) is 3.64. The normalized spacial score (nSPS) is 11.3. The first-order valence-electron chi connectivity index (χ1n) is 5.04. The molecule has 0 radical (unpaired) electrons. The van der Waals surface area contributed by atoms with Crippen LogP contribution in [0.4, 0.5) is 5.69 Å². The van der Waals surface area contributed by atoms with Gasteiger partial charge in [-0.2, -0.15) is 0 Å². The van der Waals surface area contributed by atoms with E-state index in [0.717, 1.165) is 12.3 Å². The number of aromatic amines is 1. The summed E-state index contributed by atoms with van der Waals surface area (Å²) in [5, 5.41) is 0.569. The van der Waals surface area contributed by atoms with Gasteiger partial charge in [0.25, 0.3) is 10.0 Å². The van der Waals surface area contributed by atoms with Crippen LogP contribution >= 0.6 is 23.2 Å². The van der Waals surface area contributed by atoms with Crippen LogP contribution in [0, 0.1) is 0 Å². The third-order valence-corrected chi connectivity index (χ3v) is 4.03. The lowest BCUT2D eigenvalue weighted by Gasteiger charge is -2.08. The number of anilines is 1. The molecule has 19 heavy (non-hydrogen) atoms. The van der Waals surface area contributed by atoms with E-state index in [0.29, 0.717) is 0 Å². The summed E-state index contributed by atoms with van der Waals surface area (Å²) in [6.45, 7) is 0. The van der Waals surface area contributed by atoms with Crippen molar-refractivity contribution in [3.63, 3.8) is 0 Å². The Morgan fingerprint density at radius 2 is 1.74 bits per heavy atom. The van der Waals surface area contributed by atoms with Gasteiger partial charge in [0, 0.05) is 28.5 Å². The molecule has 0 fully saturated rings. The number of pyridine rings is 1. The van der Waals surface area contributed by atoms with Crippen LogP contribution in [0.25, 0.3) is 0 Å². The zero-order chi connectivity index (χ0) is 14.0. The Morgan fingerprint density at radius 3 is 2.32 bits per heavy atom. The lowest BCUT2D eigenvalue weighted by Crippen LogP contribution is -2.20. The van der Waals surface area contributed by atoms with E-state index < -0.39 is 15.5 Å². The van der Waals surface area contributed by atoms with Crippen molar-refractivity contribution in [2.45, 2.75) is 4.90 Å². The molecule has 1 aromatic carbocycles. The summed E-state index contributed by atoms with van der Waals surface area (Å²) in [5.74, 6) is 0. The standard InChI is InChI=1S/C11H8Cl2N2O3S/c12-7-3-8(13)5-9(4-7)15-19(17,18)11-6-14-2-1-10(11)16/h1-6,15H,(H,14,16). The number of sulfonamides is 1. The number of nitrogens with one attached hydrogen (secondary N) is 2. The molecule has 2 rings (SSSR count). The van der Waals surface area contributed by atoms with E-state index in [9.17, 15) is 13.2 Å². The number of benzene rings is 1. The Morgan fingerprint density at radius 1 is 1.11 bits per heavy atom. The number of hydrogen-bond donors (Lipinski definition) is 2. The maximum absolute atomic E-state index is 12.0. The minimum atomic E-state index is -3.99. The highest BCUT2D eigenvalue weighted by Gasteiger charge is 2.18. The number of rotatable bonds is 3. The van der Waals surface area contributed by atoms with Crippen molar-refractivity contribution in [2.24, 2.45) is 0 Å². The maximum atomic E-state index is 12.0. The van der Waals surface area contributed by atoms with Gasteiger partial charge in [0.1, 0.15) is 0 Å². The van der Waals surface area contributed by atoms with Crippen molar-refractivity contribution < 1.29 is 8.42 Å². The highest BCUT2D eigenvalue weighted by molar-refractivity contribution is 7.92. The molecular formula is C11H8Cl2N2O3S. The lowest BCUT2D eigenvalue weighted by atomic mass is 10.3. The molecule has 5 nitrogen and oxygen atoms in total. The van der Waals surface area contributed by atoms with Crippen molar-refractivity contribution in [1.29, 1.82) is 0 Å². The maximum Gasteiger partial charge on any atom is 0.267 e. The molecule has 100 valence electrons. The summed E-state index contributed by atoms with van der Waals surface area (Å²) >= 11 is 11.5. The van der Waals surface area contributed by atoms with E-state index in [1.165, 1.54) is 24.4 Å². The summed E-state index contributed by atoms with van der Waals surface area (Å²) in [5.41, 5.74) is -0.430. The molecule has 0 atom stereocenters. The first-order chi connectivity index (χ1) is 8.88. The SMILES string of the molecule is O=c1cc[nH]cc1S(=O)(=O)Nc1cc(Cl)cc(Cl)c1. The van der Waals surface area contributed by atoms with Crippen molar-refractivity contribution in [1.82, 2.24) is 4.98 Å². The third-order valence-electron chi connectivity index (χ3n) is 2.19. The fraction of sp³-hybridized carbons (Fsp3) is 0. The molecule has 0 bridgehead atoms. The molecular weight excluding hydrogens is 311 g/mol. The molecule has 2 aromatic rings. The van der Waals surface area contributed by atoms with Crippen LogP contribution < -0.4 is 10.2 Å². The number of aromatic nitrogens is 1. The van der Waals surface area contributed by atoms with Crippen LogP contribution in [-0.4, -0.2) is 13.4 Å². The van der Waals surface area contributed by atoms with Gasteiger partial charge in [-0.15, -0.1) is 0 Å². The van der Waals surface area contributed by atoms with Gasteiger partial charge < -0.3 is 4.98 Å². The zero-order valence-electron chi connectivity index (χ0n) is 9.35. The van der Waals surface area contributed by atoms with Crippen molar-refractivity contribution in [2.75, 3.05) is 4.72 Å². The molecule has 0 aliphatic rings. The molecule has 0 saturated carbocycles. The topological polar surface area (TPSA) is 79.0 Å². The van der Waals surface area contributed by atoms with Gasteiger partial charge in [-0.3, -0.25) is 9.52 Å². The zero-order valence-corrected chi connectivity index (χ0v) is 11.7.